The van der Waals surface area contributed by atoms with Crippen LogP contribution in [0.2, 0.25) is 0 Å². The highest BCUT2D eigenvalue weighted by atomic mass is 16.2. The molecule has 5 heteroatoms. The molecular formula is C17H17N3O2. The van der Waals surface area contributed by atoms with Crippen molar-refractivity contribution in [1.29, 1.82) is 5.26 Å². The van der Waals surface area contributed by atoms with Gasteiger partial charge < -0.3 is 11.1 Å². The molecule has 22 heavy (non-hydrogen) atoms. The van der Waals surface area contributed by atoms with Gasteiger partial charge in [0.2, 0.25) is 5.91 Å². The molecule has 2 rings (SSSR count). The first-order valence-corrected chi connectivity index (χ1v) is 7.08. The van der Waals surface area contributed by atoms with Crippen LogP contribution < -0.4 is 11.1 Å². The molecule has 2 aromatic carbocycles. The molecular weight excluding hydrogens is 278 g/mol. The van der Waals surface area contributed by atoms with Gasteiger partial charge in [0.25, 0.3) is 5.91 Å². The summed E-state index contributed by atoms with van der Waals surface area (Å²) in [4.78, 5) is 23.6. The minimum Gasteiger partial charge on any atom is -0.368 e. The van der Waals surface area contributed by atoms with Crippen molar-refractivity contribution in [2.45, 2.75) is 25.3 Å². The molecule has 0 saturated heterocycles. The van der Waals surface area contributed by atoms with Crippen LogP contribution in [0, 0.1) is 11.3 Å². The lowest BCUT2D eigenvalue weighted by Crippen LogP contribution is -2.44. The maximum atomic E-state index is 12.3. The molecule has 0 spiro atoms. The Morgan fingerprint density at radius 1 is 1.18 bits per heavy atom. The number of nitrogens with two attached hydrogens (primary N) is 1. The molecule has 0 fully saturated rings. The minimum atomic E-state index is -0.757. The molecule has 0 bridgehead atoms. The van der Waals surface area contributed by atoms with Crippen molar-refractivity contribution in [3.05, 3.63) is 48.0 Å². The van der Waals surface area contributed by atoms with Crippen LogP contribution in [0.15, 0.2) is 42.5 Å². The maximum absolute atomic E-state index is 12.3. The number of carbonyl (C=O) groups is 2. The summed E-state index contributed by atoms with van der Waals surface area (Å²) < 4.78 is 0. The molecule has 0 aliphatic heterocycles. The number of unbranched alkanes of at least 4 members (excludes halogenated alkanes) is 1. The fraction of sp³-hybridized carbons (Fsp3) is 0.235. The van der Waals surface area contributed by atoms with Gasteiger partial charge in [-0.2, -0.15) is 5.26 Å². The van der Waals surface area contributed by atoms with Crippen LogP contribution in [0.1, 0.15) is 29.6 Å². The predicted octanol–water partition coefficient (Wildman–Crippen LogP) is 2.12. The van der Waals surface area contributed by atoms with Crippen molar-refractivity contribution >= 4 is 22.6 Å². The number of nitrogens with one attached hydrogen (secondary N) is 1. The largest absolute Gasteiger partial charge is 0.368 e. The number of nitriles is 1. The third-order valence-corrected chi connectivity index (χ3v) is 3.44. The summed E-state index contributed by atoms with van der Waals surface area (Å²) in [5.74, 6) is -0.932. The van der Waals surface area contributed by atoms with Crippen molar-refractivity contribution in [3.8, 4) is 6.07 Å². The number of rotatable bonds is 6. The van der Waals surface area contributed by atoms with Gasteiger partial charge in [-0.05, 0) is 35.7 Å². The van der Waals surface area contributed by atoms with E-state index in [2.05, 4.69) is 5.32 Å². The first-order valence-electron chi connectivity index (χ1n) is 7.08. The summed E-state index contributed by atoms with van der Waals surface area (Å²) >= 11 is 0. The van der Waals surface area contributed by atoms with E-state index in [4.69, 9.17) is 11.0 Å². The highest BCUT2D eigenvalue weighted by Gasteiger charge is 2.18. The number of nitrogens with zero attached hydrogens (tertiary/aromatic N) is 1. The molecule has 0 radical (unpaired) electrons. The van der Waals surface area contributed by atoms with Crippen molar-refractivity contribution in [2.75, 3.05) is 0 Å². The summed E-state index contributed by atoms with van der Waals surface area (Å²) in [6, 6.07) is 14.3. The van der Waals surface area contributed by atoms with Gasteiger partial charge in [-0.15, -0.1) is 0 Å². The lowest BCUT2D eigenvalue weighted by molar-refractivity contribution is -0.120. The van der Waals surface area contributed by atoms with Crippen LogP contribution in [0.25, 0.3) is 10.8 Å². The number of fused-ring (bicyclic) bond motifs is 1. The number of amides is 2. The van der Waals surface area contributed by atoms with Crippen molar-refractivity contribution < 1.29 is 9.59 Å². The lowest BCUT2D eigenvalue weighted by atomic mass is 10.1. The Morgan fingerprint density at radius 2 is 1.91 bits per heavy atom. The number of hydrogen-bond acceptors (Lipinski definition) is 3. The minimum absolute atomic E-state index is 0.329. The Kier molecular flexibility index (Phi) is 5.10. The van der Waals surface area contributed by atoms with Gasteiger partial charge in [-0.1, -0.05) is 30.3 Å². The summed E-state index contributed by atoms with van der Waals surface area (Å²) in [7, 11) is 0. The van der Waals surface area contributed by atoms with Gasteiger partial charge in [0.15, 0.2) is 0 Å². The summed E-state index contributed by atoms with van der Waals surface area (Å²) in [6.07, 6.45) is 1.21. The molecule has 0 aliphatic rings. The molecule has 0 unspecified atom stereocenters. The van der Waals surface area contributed by atoms with E-state index >= 15 is 0 Å². The summed E-state index contributed by atoms with van der Waals surface area (Å²) in [5, 5.41) is 13.2. The predicted molar refractivity (Wildman–Crippen MR) is 83.9 cm³/mol. The van der Waals surface area contributed by atoms with Crippen molar-refractivity contribution in [2.24, 2.45) is 5.73 Å². The van der Waals surface area contributed by atoms with Gasteiger partial charge in [-0.25, -0.2) is 0 Å². The first-order chi connectivity index (χ1) is 10.6. The fourth-order valence-corrected chi connectivity index (χ4v) is 2.24. The van der Waals surface area contributed by atoms with Gasteiger partial charge in [-0.3, -0.25) is 9.59 Å². The quantitative estimate of drug-likeness (QED) is 0.799. The van der Waals surface area contributed by atoms with E-state index in [-0.39, 0.29) is 5.91 Å². The zero-order valence-electron chi connectivity index (χ0n) is 12.1. The SMILES string of the molecule is N#CCCC[C@H](NC(=O)c1ccc2ccccc2c1)C(N)=O. The van der Waals surface area contributed by atoms with Crippen LogP contribution in [0.5, 0.6) is 0 Å². The molecule has 3 N–H and O–H groups in total. The van der Waals surface area contributed by atoms with E-state index in [1.165, 1.54) is 0 Å². The zero-order chi connectivity index (χ0) is 15.9. The average Bonchev–Trinajstić information content (AvgIpc) is 2.53. The maximum Gasteiger partial charge on any atom is 0.251 e. The Labute approximate surface area is 128 Å². The molecule has 2 amide bonds. The van der Waals surface area contributed by atoms with E-state index in [1.807, 2.05) is 36.4 Å². The van der Waals surface area contributed by atoms with E-state index in [9.17, 15) is 9.59 Å². The van der Waals surface area contributed by atoms with Gasteiger partial charge >= 0.3 is 0 Å². The third-order valence-electron chi connectivity index (χ3n) is 3.44. The number of benzene rings is 2. The first kappa shape index (κ1) is 15.5. The standard InChI is InChI=1S/C17H17N3O2/c18-10-4-3-7-15(16(19)21)20-17(22)14-9-8-12-5-1-2-6-13(12)11-14/h1-2,5-6,8-9,11,15H,3-4,7H2,(H2,19,21)(H,20,22)/t15-/m0/s1. The van der Waals surface area contributed by atoms with Gasteiger partial charge in [0.05, 0.1) is 6.07 Å². The Morgan fingerprint density at radius 3 is 2.59 bits per heavy atom. The van der Waals surface area contributed by atoms with Gasteiger partial charge in [0.1, 0.15) is 6.04 Å². The van der Waals surface area contributed by atoms with Crippen LogP contribution in [-0.2, 0) is 4.79 Å². The monoisotopic (exact) mass is 295 g/mol. The molecule has 0 aromatic heterocycles. The molecule has 1 atom stereocenters. The second kappa shape index (κ2) is 7.23. The Balaban J connectivity index is 2.11. The van der Waals surface area contributed by atoms with E-state index in [0.29, 0.717) is 24.8 Å². The third kappa shape index (κ3) is 3.83. The highest BCUT2D eigenvalue weighted by molar-refractivity contribution is 6.00. The normalized spacial score (nSPS) is 11.6. The fourth-order valence-electron chi connectivity index (χ4n) is 2.24. The summed E-state index contributed by atoms with van der Waals surface area (Å²) in [5.41, 5.74) is 5.78. The molecule has 0 heterocycles. The van der Waals surface area contributed by atoms with Crippen LogP contribution in [0.3, 0.4) is 0 Å². The lowest BCUT2D eigenvalue weighted by Gasteiger charge is -2.15. The second-order valence-corrected chi connectivity index (χ2v) is 5.04. The van der Waals surface area contributed by atoms with E-state index in [1.54, 1.807) is 12.1 Å². The molecule has 5 nitrogen and oxygen atoms in total. The average molecular weight is 295 g/mol. The molecule has 0 aliphatic carbocycles. The van der Waals surface area contributed by atoms with Crippen molar-refractivity contribution in [3.63, 3.8) is 0 Å². The topological polar surface area (TPSA) is 96.0 Å². The molecule has 0 saturated carbocycles. The van der Waals surface area contributed by atoms with Crippen LogP contribution in [0.4, 0.5) is 0 Å². The highest BCUT2D eigenvalue weighted by Crippen LogP contribution is 2.15. The molecule has 2 aromatic rings. The second-order valence-electron chi connectivity index (χ2n) is 5.04. The summed E-state index contributed by atoms with van der Waals surface area (Å²) in [6.45, 7) is 0. The van der Waals surface area contributed by atoms with E-state index < -0.39 is 11.9 Å². The van der Waals surface area contributed by atoms with Crippen LogP contribution in [-0.4, -0.2) is 17.9 Å². The van der Waals surface area contributed by atoms with Gasteiger partial charge in [0, 0.05) is 12.0 Å². The molecule has 112 valence electrons. The Hall–Kier alpha value is -2.87. The number of primary amides is 1. The Bertz CT molecular complexity index is 734. The van der Waals surface area contributed by atoms with E-state index in [0.717, 1.165) is 10.8 Å². The van der Waals surface area contributed by atoms with Crippen LogP contribution >= 0.6 is 0 Å². The zero-order valence-corrected chi connectivity index (χ0v) is 12.1. The van der Waals surface area contributed by atoms with Crippen molar-refractivity contribution in [1.82, 2.24) is 5.32 Å². The smallest absolute Gasteiger partial charge is 0.251 e. The number of carbonyl (C=O) groups excluding carboxylic acids is 2. The number of hydrogen-bond donors (Lipinski definition) is 2.